The average molecular weight is 658 g/mol. The van der Waals surface area contributed by atoms with E-state index in [1.807, 2.05) is 25.1 Å². The summed E-state index contributed by atoms with van der Waals surface area (Å²) in [6.45, 7) is 5.96. The number of hydrogen-bond acceptors (Lipinski definition) is 8. The first-order valence-corrected chi connectivity index (χ1v) is 14.8. The number of methoxy groups -OCH3 is 1. The predicted octanol–water partition coefficient (Wildman–Crippen LogP) is 5.88. The van der Waals surface area contributed by atoms with Crippen LogP contribution in [0.1, 0.15) is 38.1 Å². The van der Waals surface area contributed by atoms with E-state index in [9.17, 15) is 9.59 Å². The van der Waals surface area contributed by atoms with Gasteiger partial charge in [-0.25, -0.2) is 9.79 Å². The zero-order valence-corrected chi connectivity index (χ0v) is 25.9. The van der Waals surface area contributed by atoms with Gasteiger partial charge in [0.05, 0.1) is 42.2 Å². The van der Waals surface area contributed by atoms with Gasteiger partial charge >= 0.3 is 5.97 Å². The number of benzene rings is 2. The molecular formula is C30H26BrClN2O6S. The Bertz CT molecular complexity index is 1840. The van der Waals surface area contributed by atoms with Gasteiger partial charge in [0.1, 0.15) is 11.5 Å². The Balaban J connectivity index is 1.67. The third-order valence-corrected chi connectivity index (χ3v) is 8.34. The molecular weight excluding hydrogens is 632 g/mol. The van der Waals surface area contributed by atoms with Gasteiger partial charge in [-0.05, 0) is 74.9 Å². The summed E-state index contributed by atoms with van der Waals surface area (Å²) in [7, 11) is 1.54. The number of carbonyl (C=O) groups excluding carboxylic acids is 1. The number of carbonyl (C=O) groups is 1. The summed E-state index contributed by atoms with van der Waals surface area (Å²) in [6.07, 6.45) is 1.68. The summed E-state index contributed by atoms with van der Waals surface area (Å²) in [5.74, 6) is 1.60. The fourth-order valence-electron chi connectivity index (χ4n) is 4.60. The number of esters is 1. The first kappa shape index (κ1) is 28.9. The van der Waals surface area contributed by atoms with Crippen molar-refractivity contribution >= 4 is 50.9 Å². The van der Waals surface area contributed by atoms with Crippen molar-refractivity contribution in [2.75, 3.05) is 20.3 Å². The highest BCUT2D eigenvalue weighted by molar-refractivity contribution is 9.10. The van der Waals surface area contributed by atoms with E-state index in [0.29, 0.717) is 59.7 Å². The van der Waals surface area contributed by atoms with Gasteiger partial charge in [-0.1, -0.05) is 38.9 Å². The van der Waals surface area contributed by atoms with E-state index < -0.39 is 12.0 Å². The maximum atomic E-state index is 14.0. The van der Waals surface area contributed by atoms with Gasteiger partial charge in [0.25, 0.3) is 5.56 Å². The number of hydrogen-bond donors (Lipinski definition) is 0. The van der Waals surface area contributed by atoms with Crippen molar-refractivity contribution in [2.45, 2.75) is 26.8 Å². The maximum absolute atomic E-state index is 14.0. The van der Waals surface area contributed by atoms with Crippen LogP contribution in [0.5, 0.6) is 11.5 Å². The van der Waals surface area contributed by atoms with Crippen molar-refractivity contribution in [3.05, 3.63) is 100 Å². The number of halogens is 2. The maximum Gasteiger partial charge on any atom is 0.338 e. The molecule has 0 N–H and O–H groups in total. The van der Waals surface area contributed by atoms with Crippen LogP contribution >= 0.6 is 38.9 Å². The van der Waals surface area contributed by atoms with E-state index in [-0.39, 0.29) is 17.7 Å². The SMILES string of the molecule is CCOC(=O)C1=C(C)N=c2s/c(=C/c3ccc(-c4ccc(Cl)cc4)o3)c(=O)n2[C@@H]1c1cc(OC)c(OCC)cc1Br. The van der Waals surface area contributed by atoms with Crippen LogP contribution in [0, 0.1) is 0 Å². The normalized spacial score (nSPS) is 15.0. The Hall–Kier alpha value is -3.60. The third kappa shape index (κ3) is 5.64. The van der Waals surface area contributed by atoms with Gasteiger partial charge in [-0.15, -0.1) is 0 Å². The lowest BCUT2D eigenvalue weighted by Crippen LogP contribution is -2.40. The molecule has 0 radical (unpaired) electrons. The van der Waals surface area contributed by atoms with Crippen molar-refractivity contribution in [3.8, 4) is 22.8 Å². The molecule has 0 saturated heterocycles. The number of ether oxygens (including phenoxy) is 3. The minimum atomic E-state index is -0.826. The van der Waals surface area contributed by atoms with E-state index in [0.717, 1.165) is 5.56 Å². The highest BCUT2D eigenvalue weighted by Gasteiger charge is 2.35. The molecule has 41 heavy (non-hydrogen) atoms. The molecule has 0 aliphatic carbocycles. The molecule has 5 rings (SSSR count). The largest absolute Gasteiger partial charge is 0.493 e. The molecule has 2 aromatic heterocycles. The number of nitrogens with zero attached hydrogens (tertiary/aromatic N) is 2. The fraction of sp³-hybridized carbons (Fsp3) is 0.233. The number of rotatable bonds is 8. The van der Waals surface area contributed by atoms with Gasteiger partial charge < -0.3 is 18.6 Å². The van der Waals surface area contributed by atoms with E-state index >= 15 is 0 Å². The molecule has 4 aromatic rings. The summed E-state index contributed by atoms with van der Waals surface area (Å²) < 4.78 is 25.3. The van der Waals surface area contributed by atoms with E-state index in [4.69, 9.17) is 30.2 Å². The second-order valence-electron chi connectivity index (χ2n) is 8.97. The monoisotopic (exact) mass is 656 g/mol. The minimum Gasteiger partial charge on any atom is -0.493 e. The Morgan fingerprint density at radius 1 is 1.15 bits per heavy atom. The first-order valence-electron chi connectivity index (χ1n) is 12.8. The Morgan fingerprint density at radius 3 is 2.59 bits per heavy atom. The highest BCUT2D eigenvalue weighted by Crippen LogP contribution is 2.41. The molecule has 0 bridgehead atoms. The molecule has 0 saturated carbocycles. The molecule has 8 nitrogen and oxygen atoms in total. The zero-order valence-electron chi connectivity index (χ0n) is 22.7. The predicted molar refractivity (Wildman–Crippen MR) is 161 cm³/mol. The van der Waals surface area contributed by atoms with Crippen LogP contribution in [0.25, 0.3) is 17.4 Å². The smallest absolute Gasteiger partial charge is 0.338 e. The summed E-state index contributed by atoms with van der Waals surface area (Å²) in [5, 5.41) is 0.630. The summed E-state index contributed by atoms with van der Waals surface area (Å²) in [5.41, 5.74) is 1.89. The van der Waals surface area contributed by atoms with Crippen LogP contribution in [0.15, 0.2) is 78.5 Å². The lowest BCUT2D eigenvalue weighted by Gasteiger charge is -2.26. The molecule has 0 unspecified atom stereocenters. The van der Waals surface area contributed by atoms with Crippen molar-refractivity contribution in [1.82, 2.24) is 4.57 Å². The Kier molecular flexibility index (Phi) is 8.53. The second kappa shape index (κ2) is 12.1. The quantitative estimate of drug-likeness (QED) is 0.220. The summed E-state index contributed by atoms with van der Waals surface area (Å²) >= 11 is 10.9. The zero-order chi connectivity index (χ0) is 29.3. The van der Waals surface area contributed by atoms with Crippen molar-refractivity contribution in [3.63, 3.8) is 0 Å². The number of thiazole rings is 1. The lowest BCUT2D eigenvalue weighted by atomic mass is 9.95. The molecule has 1 atom stereocenters. The van der Waals surface area contributed by atoms with Crippen molar-refractivity contribution in [2.24, 2.45) is 4.99 Å². The molecule has 11 heteroatoms. The Labute approximate surface area is 253 Å². The van der Waals surface area contributed by atoms with Crippen LogP contribution in [0.3, 0.4) is 0 Å². The highest BCUT2D eigenvalue weighted by atomic mass is 79.9. The molecule has 1 aliphatic rings. The van der Waals surface area contributed by atoms with Gasteiger partial charge in [0, 0.05) is 21.1 Å². The molecule has 0 spiro atoms. The van der Waals surface area contributed by atoms with Crippen LogP contribution in [0.4, 0.5) is 0 Å². The van der Waals surface area contributed by atoms with E-state index in [2.05, 4.69) is 20.9 Å². The topological polar surface area (TPSA) is 92.3 Å². The summed E-state index contributed by atoms with van der Waals surface area (Å²) in [6, 6.07) is 13.6. The Morgan fingerprint density at radius 2 is 1.90 bits per heavy atom. The number of furan rings is 1. The molecule has 0 amide bonds. The van der Waals surface area contributed by atoms with Gasteiger partial charge in [0.15, 0.2) is 16.3 Å². The number of allylic oxidation sites excluding steroid dienone is 1. The molecule has 1 aliphatic heterocycles. The number of fused-ring (bicyclic) bond motifs is 1. The second-order valence-corrected chi connectivity index (χ2v) is 11.3. The van der Waals surface area contributed by atoms with Crippen LogP contribution in [-0.2, 0) is 9.53 Å². The molecule has 0 fully saturated rings. The lowest BCUT2D eigenvalue weighted by molar-refractivity contribution is -0.139. The minimum absolute atomic E-state index is 0.176. The standard InChI is InChI=1S/C30H26BrClN2O6S/c1-5-38-24-15-21(31)20(14-23(24)37-4)27-26(29(36)39-6-2)16(3)33-30-34(27)28(35)25(41-30)13-19-11-12-22(40-19)17-7-9-18(32)10-8-17/h7-15,27H,5-6H2,1-4H3/b25-13+/t27-/m1/s1. The number of aromatic nitrogens is 1. The molecule has 3 heterocycles. The third-order valence-electron chi connectivity index (χ3n) is 6.42. The van der Waals surface area contributed by atoms with E-state index in [1.165, 1.54) is 23.0 Å². The van der Waals surface area contributed by atoms with Gasteiger partial charge in [-0.2, -0.15) is 0 Å². The van der Waals surface area contributed by atoms with Gasteiger partial charge in [0.2, 0.25) is 0 Å². The van der Waals surface area contributed by atoms with Gasteiger partial charge in [-0.3, -0.25) is 9.36 Å². The molecule has 212 valence electrons. The summed E-state index contributed by atoms with van der Waals surface area (Å²) in [4.78, 5) is 32.3. The first-order chi connectivity index (χ1) is 19.7. The van der Waals surface area contributed by atoms with E-state index in [1.54, 1.807) is 50.3 Å². The van der Waals surface area contributed by atoms with Crippen molar-refractivity contribution < 1.29 is 23.4 Å². The van der Waals surface area contributed by atoms with Crippen molar-refractivity contribution in [1.29, 1.82) is 0 Å². The van der Waals surface area contributed by atoms with Crippen LogP contribution < -0.4 is 24.4 Å². The van der Waals surface area contributed by atoms with Crippen LogP contribution in [-0.4, -0.2) is 30.9 Å². The van der Waals surface area contributed by atoms with Crippen LogP contribution in [0.2, 0.25) is 5.02 Å². The molecule has 2 aromatic carbocycles. The fourth-order valence-corrected chi connectivity index (χ4v) is 6.29. The average Bonchev–Trinajstić information content (AvgIpc) is 3.53.